The van der Waals surface area contributed by atoms with Crippen LogP contribution in [0.25, 0.3) is 0 Å². The molecule has 0 radical (unpaired) electrons. The molecule has 0 spiro atoms. The van der Waals surface area contributed by atoms with Crippen LogP contribution in [0.2, 0.25) is 0 Å². The number of benzene rings is 1. The van der Waals surface area contributed by atoms with Crippen LogP contribution in [0.5, 0.6) is 5.75 Å². The van der Waals surface area contributed by atoms with Crippen LogP contribution in [-0.4, -0.2) is 18.1 Å². The zero-order chi connectivity index (χ0) is 14.5. The van der Waals surface area contributed by atoms with Crippen molar-refractivity contribution >= 4 is 0 Å². The largest absolute Gasteiger partial charge is 0.493 e. The minimum absolute atomic E-state index is 0.346. The topological polar surface area (TPSA) is 34.2 Å². The van der Waals surface area contributed by atoms with Gasteiger partial charge in [0.1, 0.15) is 5.75 Å². The monoisotopic (exact) mass is 282 g/mol. The smallest absolute Gasteiger partial charge is 0.122 e. The predicted octanol–water partition coefficient (Wildman–Crippen LogP) is 3.30. The molecule has 0 amide bonds. The molecular formula is C18H22N2O. The molecule has 2 heterocycles. The Morgan fingerprint density at radius 1 is 1.24 bits per heavy atom. The maximum Gasteiger partial charge on any atom is 0.122 e. The van der Waals surface area contributed by atoms with Crippen molar-refractivity contribution in [2.24, 2.45) is 0 Å². The molecule has 3 heteroatoms. The molecule has 0 fully saturated rings. The number of ether oxygens (including phenoxy) is 1. The highest BCUT2D eigenvalue weighted by molar-refractivity contribution is 5.41. The fourth-order valence-corrected chi connectivity index (χ4v) is 2.80. The first kappa shape index (κ1) is 14.1. The van der Waals surface area contributed by atoms with E-state index in [1.807, 2.05) is 12.4 Å². The average molecular weight is 282 g/mol. The highest BCUT2D eigenvalue weighted by Gasteiger charge is 2.17. The fourth-order valence-electron chi connectivity index (χ4n) is 2.80. The third-order valence-corrected chi connectivity index (χ3v) is 3.95. The number of nitrogens with one attached hydrogen (secondary N) is 1. The standard InChI is InChI=1S/C18H22N2O/c1-2-8-20-17(12-14-5-9-19-10-6-14)15-3-4-18-16(13-15)7-11-21-18/h3-6,9-10,13,17,20H,2,7-8,11-12H2,1H3. The number of rotatable bonds is 6. The molecule has 21 heavy (non-hydrogen) atoms. The van der Waals surface area contributed by atoms with Crippen LogP contribution in [0.1, 0.15) is 36.1 Å². The Balaban J connectivity index is 1.81. The fraction of sp³-hybridized carbons (Fsp3) is 0.389. The van der Waals surface area contributed by atoms with E-state index in [1.165, 1.54) is 16.7 Å². The van der Waals surface area contributed by atoms with Gasteiger partial charge in [-0.3, -0.25) is 4.98 Å². The Morgan fingerprint density at radius 2 is 2.10 bits per heavy atom. The van der Waals surface area contributed by atoms with Gasteiger partial charge in [0.2, 0.25) is 0 Å². The summed E-state index contributed by atoms with van der Waals surface area (Å²) in [6, 6.07) is 11.1. The molecule has 0 saturated heterocycles. The van der Waals surface area contributed by atoms with Crippen molar-refractivity contribution in [3.63, 3.8) is 0 Å². The summed E-state index contributed by atoms with van der Waals surface area (Å²) >= 11 is 0. The Hall–Kier alpha value is -1.87. The third-order valence-electron chi connectivity index (χ3n) is 3.95. The van der Waals surface area contributed by atoms with Gasteiger partial charge in [-0.1, -0.05) is 19.1 Å². The first-order valence-corrected chi connectivity index (χ1v) is 7.74. The first-order valence-electron chi connectivity index (χ1n) is 7.74. The summed E-state index contributed by atoms with van der Waals surface area (Å²) in [6.45, 7) is 4.05. The number of nitrogens with zero attached hydrogens (tertiary/aromatic N) is 1. The van der Waals surface area contributed by atoms with E-state index in [0.29, 0.717) is 6.04 Å². The lowest BCUT2D eigenvalue weighted by molar-refractivity contribution is 0.356. The molecular weight excluding hydrogens is 260 g/mol. The van der Waals surface area contributed by atoms with E-state index in [-0.39, 0.29) is 0 Å². The van der Waals surface area contributed by atoms with Gasteiger partial charge in [-0.15, -0.1) is 0 Å². The second-order valence-corrected chi connectivity index (χ2v) is 5.53. The second-order valence-electron chi connectivity index (χ2n) is 5.53. The lowest BCUT2D eigenvalue weighted by Gasteiger charge is -2.20. The number of aromatic nitrogens is 1. The predicted molar refractivity (Wildman–Crippen MR) is 84.6 cm³/mol. The molecule has 3 nitrogen and oxygen atoms in total. The van der Waals surface area contributed by atoms with Crippen LogP contribution in [0, 0.1) is 0 Å². The van der Waals surface area contributed by atoms with E-state index in [1.54, 1.807) is 0 Å². The number of fused-ring (bicyclic) bond motifs is 1. The lowest BCUT2D eigenvalue weighted by atomic mass is 9.97. The second kappa shape index (κ2) is 6.72. The molecule has 3 rings (SSSR count). The Bertz CT molecular complexity index is 583. The van der Waals surface area contributed by atoms with Gasteiger partial charge < -0.3 is 10.1 Å². The van der Waals surface area contributed by atoms with Crippen LogP contribution < -0.4 is 10.1 Å². The van der Waals surface area contributed by atoms with Crippen LogP contribution in [-0.2, 0) is 12.8 Å². The number of hydrogen-bond acceptors (Lipinski definition) is 3. The summed E-state index contributed by atoms with van der Waals surface area (Å²) < 4.78 is 5.60. The molecule has 1 aliphatic heterocycles. The molecule has 1 N–H and O–H groups in total. The van der Waals surface area contributed by atoms with Crippen LogP contribution >= 0.6 is 0 Å². The van der Waals surface area contributed by atoms with Crippen molar-refractivity contribution in [3.8, 4) is 5.75 Å². The highest BCUT2D eigenvalue weighted by atomic mass is 16.5. The quantitative estimate of drug-likeness (QED) is 0.882. The van der Waals surface area contributed by atoms with E-state index in [9.17, 15) is 0 Å². The molecule has 110 valence electrons. The Morgan fingerprint density at radius 3 is 2.90 bits per heavy atom. The zero-order valence-electron chi connectivity index (χ0n) is 12.5. The minimum atomic E-state index is 0.346. The molecule has 1 atom stereocenters. The summed E-state index contributed by atoms with van der Waals surface area (Å²) in [5, 5.41) is 3.66. The van der Waals surface area contributed by atoms with Gasteiger partial charge >= 0.3 is 0 Å². The molecule has 0 aliphatic carbocycles. The van der Waals surface area contributed by atoms with Gasteiger partial charge in [0, 0.05) is 24.9 Å². The average Bonchev–Trinajstić information content (AvgIpc) is 3.00. The van der Waals surface area contributed by atoms with Crippen molar-refractivity contribution in [2.75, 3.05) is 13.2 Å². The van der Waals surface area contributed by atoms with Crippen LogP contribution in [0.4, 0.5) is 0 Å². The Kier molecular flexibility index (Phi) is 4.51. The van der Waals surface area contributed by atoms with Crippen molar-refractivity contribution in [3.05, 3.63) is 59.4 Å². The number of pyridine rings is 1. The van der Waals surface area contributed by atoms with Crippen LogP contribution in [0.3, 0.4) is 0 Å². The maximum atomic E-state index is 5.60. The molecule has 1 aliphatic rings. The van der Waals surface area contributed by atoms with E-state index < -0.39 is 0 Å². The Labute approximate surface area is 126 Å². The molecule has 1 aromatic carbocycles. The van der Waals surface area contributed by atoms with Gasteiger partial charge in [-0.2, -0.15) is 0 Å². The highest BCUT2D eigenvalue weighted by Crippen LogP contribution is 2.29. The molecule has 1 unspecified atom stereocenters. The van der Waals surface area contributed by atoms with Gasteiger partial charge in [0.15, 0.2) is 0 Å². The van der Waals surface area contributed by atoms with Crippen molar-refractivity contribution < 1.29 is 4.74 Å². The molecule has 0 bridgehead atoms. The van der Waals surface area contributed by atoms with Crippen molar-refractivity contribution in [1.82, 2.24) is 10.3 Å². The lowest BCUT2D eigenvalue weighted by Crippen LogP contribution is -2.24. The molecule has 2 aromatic rings. The van der Waals surface area contributed by atoms with Crippen molar-refractivity contribution in [2.45, 2.75) is 32.2 Å². The van der Waals surface area contributed by atoms with E-state index in [4.69, 9.17) is 4.74 Å². The maximum absolute atomic E-state index is 5.60. The molecule has 0 saturated carbocycles. The first-order chi connectivity index (χ1) is 10.4. The summed E-state index contributed by atoms with van der Waals surface area (Å²) in [5.74, 6) is 1.05. The van der Waals surface area contributed by atoms with Gasteiger partial charge in [0.25, 0.3) is 0 Å². The van der Waals surface area contributed by atoms with E-state index in [0.717, 1.165) is 38.2 Å². The minimum Gasteiger partial charge on any atom is -0.493 e. The normalized spacial score (nSPS) is 14.5. The van der Waals surface area contributed by atoms with Gasteiger partial charge in [-0.05, 0) is 54.3 Å². The molecule has 1 aromatic heterocycles. The van der Waals surface area contributed by atoms with Crippen molar-refractivity contribution in [1.29, 1.82) is 0 Å². The van der Waals surface area contributed by atoms with E-state index in [2.05, 4.69) is 47.6 Å². The zero-order valence-corrected chi connectivity index (χ0v) is 12.5. The van der Waals surface area contributed by atoms with Gasteiger partial charge in [0.05, 0.1) is 6.61 Å². The van der Waals surface area contributed by atoms with E-state index >= 15 is 0 Å². The third kappa shape index (κ3) is 3.42. The summed E-state index contributed by atoms with van der Waals surface area (Å²) in [5.41, 5.74) is 4.00. The summed E-state index contributed by atoms with van der Waals surface area (Å²) in [4.78, 5) is 4.10. The summed E-state index contributed by atoms with van der Waals surface area (Å²) in [7, 11) is 0. The van der Waals surface area contributed by atoms with Crippen LogP contribution in [0.15, 0.2) is 42.7 Å². The van der Waals surface area contributed by atoms with Gasteiger partial charge in [-0.25, -0.2) is 0 Å². The summed E-state index contributed by atoms with van der Waals surface area (Å²) in [6.07, 6.45) is 6.88. The SMILES string of the molecule is CCCNC(Cc1ccncc1)c1ccc2c(c1)CCO2. The number of hydrogen-bond donors (Lipinski definition) is 1.